The number of hydrogen-bond donors (Lipinski definition) is 2. The quantitative estimate of drug-likeness (QED) is 0.500. The average molecular weight is 493 g/mol. The van der Waals surface area contributed by atoms with Gasteiger partial charge >= 0.3 is 5.69 Å². The number of carbonyl (C=O) groups excluding carboxylic acids is 1. The summed E-state index contributed by atoms with van der Waals surface area (Å²) in [6.07, 6.45) is 0.692. The van der Waals surface area contributed by atoms with E-state index in [-0.39, 0.29) is 34.5 Å². The van der Waals surface area contributed by atoms with Crippen molar-refractivity contribution in [3.8, 4) is 0 Å². The van der Waals surface area contributed by atoms with Gasteiger partial charge in [-0.1, -0.05) is 51.1 Å². The molecule has 3 aromatic rings. The molecule has 1 aliphatic heterocycles. The van der Waals surface area contributed by atoms with Crippen molar-refractivity contribution in [1.29, 1.82) is 0 Å². The summed E-state index contributed by atoms with van der Waals surface area (Å²) in [6.45, 7) is 10.8. The van der Waals surface area contributed by atoms with Gasteiger partial charge in [0.25, 0.3) is 11.5 Å². The maximum absolute atomic E-state index is 13.8. The van der Waals surface area contributed by atoms with Crippen LogP contribution in [0.25, 0.3) is 11.0 Å². The molecular weight excluding hydrogens is 456 g/mol. The van der Waals surface area contributed by atoms with Crippen molar-refractivity contribution < 1.29 is 4.79 Å². The fourth-order valence-corrected chi connectivity index (χ4v) is 4.64. The molecule has 3 heterocycles. The number of carbonyl (C=O) groups is 1. The summed E-state index contributed by atoms with van der Waals surface area (Å²) in [4.78, 5) is 51.0. The third-order valence-corrected chi connectivity index (χ3v) is 6.80. The fraction of sp³-hybridized carbons (Fsp3) is 0.481. The molecule has 0 radical (unpaired) electrons. The summed E-state index contributed by atoms with van der Waals surface area (Å²) in [5, 5.41) is 3.35. The summed E-state index contributed by atoms with van der Waals surface area (Å²) in [6, 6.07) is 11.3. The van der Waals surface area contributed by atoms with Crippen molar-refractivity contribution in [1.82, 2.24) is 29.7 Å². The van der Waals surface area contributed by atoms with Gasteiger partial charge in [-0.05, 0) is 31.0 Å². The minimum atomic E-state index is -0.592. The molecular formula is C27H36N6O3. The lowest BCUT2D eigenvalue weighted by molar-refractivity contribution is 0.0908. The van der Waals surface area contributed by atoms with Gasteiger partial charge in [-0.25, -0.2) is 9.78 Å². The molecule has 1 saturated heterocycles. The van der Waals surface area contributed by atoms with Gasteiger partial charge in [-0.15, -0.1) is 0 Å². The standard InChI is InChI=1S/C27H36N6O3/c1-5-11-33-24-23(26(35)30-27(33)36)20(16-21(28-24)18(2)3)25(34)29-22(19-9-7-6-8-10-19)17-32-14-12-31(4)13-15-32/h6-10,16,18,22H,5,11-15,17H2,1-4H3,(H,29,34)(H,30,35,36). The van der Waals surface area contributed by atoms with Crippen LogP contribution >= 0.6 is 0 Å². The van der Waals surface area contributed by atoms with Gasteiger partial charge in [0.2, 0.25) is 0 Å². The van der Waals surface area contributed by atoms with E-state index in [0.717, 1.165) is 31.7 Å². The number of hydrogen-bond acceptors (Lipinski definition) is 6. The first-order valence-electron chi connectivity index (χ1n) is 12.7. The van der Waals surface area contributed by atoms with Crippen molar-refractivity contribution in [2.24, 2.45) is 0 Å². The maximum atomic E-state index is 13.8. The molecule has 0 aliphatic carbocycles. The SMILES string of the molecule is CCCn1c(=O)[nH]c(=O)c2c(C(=O)NC(CN3CCN(C)CC3)c3ccccc3)cc(C(C)C)nc21. The number of aromatic nitrogens is 3. The second kappa shape index (κ2) is 11.2. The molecule has 9 heteroatoms. The largest absolute Gasteiger partial charge is 0.344 e. The molecule has 1 aliphatic rings. The van der Waals surface area contributed by atoms with Gasteiger partial charge in [-0.3, -0.25) is 24.0 Å². The van der Waals surface area contributed by atoms with Gasteiger partial charge < -0.3 is 10.2 Å². The number of amides is 1. The minimum absolute atomic E-state index is 0.0145. The Hall–Kier alpha value is -3.30. The van der Waals surface area contributed by atoms with E-state index < -0.39 is 11.2 Å². The number of nitrogens with zero attached hydrogens (tertiary/aromatic N) is 4. The first-order valence-corrected chi connectivity index (χ1v) is 12.7. The molecule has 1 aromatic carbocycles. The van der Waals surface area contributed by atoms with Gasteiger partial charge in [0.1, 0.15) is 0 Å². The summed E-state index contributed by atoms with van der Waals surface area (Å²) in [5.74, 6) is -0.333. The smallest absolute Gasteiger partial charge is 0.329 e. The van der Waals surface area contributed by atoms with Crippen LogP contribution in [0.5, 0.6) is 0 Å². The Morgan fingerprint density at radius 1 is 1.11 bits per heavy atom. The van der Waals surface area contributed by atoms with Crippen molar-refractivity contribution in [3.05, 3.63) is 74.1 Å². The highest BCUT2D eigenvalue weighted by Gasteiger charge is 2.25. The van der Waals surface area contributed by atoms with Crippen LogP contribution in [0, 0.1) is 0 Å². The molecule has 9 nitrogen and oxygen atoms in total. The van der Waals surface area contributed by atoms with Crippen molar-refractivity contribution >= 4 is 16.9 Å². The predicted molar refractivity (Wildman–Crippen MR) is 142 cm³/mol. The lowest BCUT2D eigenvalue weighted by Gasteiger charge is -2.35. The summed E-state index contributed by atoms with van der Waals surface area (Å²) < 4.78 is 1.46. The van der Waals surface area contributed by atoms with E-state index in [4.69, 9.17) is 0 Å². The monoisotopic (exact) mass is 492 g/mol. The molecule has 1 atom stereocenters. The van der Waals surface area contributed by atoms with E-state index in [1.165, 1.54) is 4.57 Å². The highest BCUT2D eigenvalue weighted by atomic mass is 16.2. The van der Waals surface area contributed by atoms with Crippen LogP contribution in [0.15, 0.2) is 46.0 Å². The van der Waals surface area contributed by atoms with Crippen molar-refractivity contribution in [2.75, 3.05) is 39.8 Å². The number of aromatic amines is 1. The number of benzene rings is 1. The first-order chi connectivity index (χ1) is 17.3. The van der Waals surface area contributed by atoms with Gasteiger partial charge in [0.15, 0.2) is 5.65 Å². The number of H-pyrrole nitrogens is 1. The Morgan fingerprint density at radius 2 is 1.81 bits per heavy atom. The van der Waals surface area contributed by atoms with Crippen LogP contribution in [-0.2, 0) is 6.54 Å². The van der Waals surface area contributed by atoms with Crippen molar-refractivity contribution in [3.63, 3.8) is 0 Å². The Bertz CT molecular complexity index is 1320. The lowest BCUT2D eigenvalue weighted by atomic mass is 10.0. The Balaban J connectivity index is 1.76. The van der Waals surface area contributed by atoms with Gasteiger partial charge in [-0.2, -0.15) is 0 Å². The van der Waals surface area contributed by atoms with E-state index in [9.17, 15) is 14.4 Å². The van der Waals surface area contributed by atoms with Crippen LogP contribution in [-0.4, -0.2) is 70.0 Å². The van der Waals surface area contributed by atoms with Gasteiger partial charge in [0.05, 0.1) is 17.0 Å². The number of aryl methyl sites for hydroxylation is 1. The molecule has 2 N–H and O–H groups in total. The molecule has 4 rings (SSSR count). The minimum Gasteiger partial charge on any atom is -0.344 e. The van der Waals surface area contributed by atoms with E-state index in [1.54, 1.807) is 6.07 Å². The molecule has 0 spiro atoms. The summed E-state index contributed by atoms with van der Waals surface area (Å²) in [7, 11) is 2.12. The predicted octanol–water partition coefficient (Wildman–Crippen LogP) is 2.34. The third-order valence-electron chi connectivity index (χ3n) is 6.80. The Labute approximate surface area is 211 Å². The third kappa shape index (κ3) is 5.57. The van der Waals surface area contributed by atoms with Crippen LogP contribution in [0.3, 0.4) is 0 Å². The van der Waals surface area contributed by atoms with Crippen LogP contribution in [0.4, 0.5) is 0 Å². The summed E-state index contributed by atoms with van der Waals surface area (Å²) >= 11 is 0. The van der Waals surface area contributed by atoms with Gasteiger partial charge in [0, 0.05) is 45.0 Å². The molecule has 1 fully saturated rings. The van der Waals surface area contributed by atoms with Crippen LogP contribution in [0.1, 0.15) is 60.8 Å². The molecule has 36 heavy (non-hydrogen) atoms. The zero-order valence-corrected chi connectivity index (χ0v) is 21.6. The molecule has 0 bridgehead atoms. The average Bonchev–Trinajstić information content (AvgIpc) is 2.87. The van der Waals surface area contributed by atoms with E-state index >= 15 is 0 Å². The maximum Gasteiger partial charge on any atom is 0.329 e. The number of fused-ring (bicyclic) bond motifs is 1. The molecule has 1 unspecified atom stereocenters. The Morgan fingerprint density at radius 3 is 2.44 bits per heavy atom. The van der Waals surface area contributed by atoms with Crippen LogP contribution < -0.4 is 16.6 Å². The fourth-order valence-electron chi connectivity index (χ4n) is 4.64. The Kier molecular flexibility index (Phi) is 8.01. The zero-order valence-electron chi connectivity index (χ0n) is 21.6. The highest BCUT2D eigenvalue weighted by Crippen LogP contribution is 2.22. The number of likely N-dealkylation sites (N-methyl/N-ethyl adjacent to an activating group) is 1. The molecule has 1 amide bonds. The highest BCUT2D eigenvalue weighted by molar-refractivity contribution is 6.05. The second-order valence-corrected chi connectivity index (χ2v) is 9.90. The van der Waals surface area contributed by atoms with Crippen LogP contribution in [0.2, 0.25) is 0 Å². The van der Waals surface area contributed by atoms with E-state index in [2.05, 4.69) is 32.1 Å². The van der Waals surface area contributed by atoms with E-state index in [0.29, 0.717) is 25.2 Å². The molecule has 2 aromatic heterocycles. The number of piperazine rings is 1. The number of nitrogens with one attached hydrogen (secondary N) is 2. The lowest BCUT2D eigenvalue weighted by Crippen LogP contribution is -2.48. The summed E-state index contributed by atoms with van der Waals surface area (Å²) in [5.41, 5.74) is 1.07. The normalized spacial score (nSPS) is 15.9. The number of rotatable bonds is 8. The zero-order chi connectivity index (χ0) is 25.8. The first kappa shape index (κ1) is 25.8. The number of pyridine rings is 1. The van der Waals surface area contributed by atoms with Crippen molar-refractivity contribution in [2.45, 2.75) is 45.7 Å². The van der Waals surface area contributed by atoms with E-state index in [1.807, 2.05) is 51.1 Å². The second-order valence-electron chi connectivity index (χ2n) is 9.90. The molecule has 192 valence electrons. The topological polar surface area (TPSA) is 103 Å². The molecule has 0 saturated carbocycles.